The van der Waals surface area contributed by atoms with Crippen LogP contribution in [0.2, 0.25) is 0 Å². The zero-order chi connectivity index (χ0) is 17.6. The van der Waals surface area contributed by atoms with E-state index in [1.165, 1.54) is 16.8 Å². The molecule has 9 heteroatoms. The van der Waals surface area contributed by atoms with Gasteiger partial charge in [-0.2, -0.15) is 10.1 Å². The Morgan fingerprint density at radius 3 is 2.92 bits per heavy atom. The van der Waals surface area contributed by atoms with Crippen molar-refractivity contribution < 1.29 is 4.79 Å². The molecule has 0 aromatic carbocycles. The van der Waals surface area contributed by atoms with Crippen LogP contribution >= 0.6 is 0 Å². The van der Waals surface area contributed by atoms with Crippen molar-refractivity contribution in [1.29, 1.82) is 0 Å². The summed E-state index contributed by atoms with van der Waals surface area (Å²) in [7, 11) is 0. The van der Waals surface area contributed by atoms with Crippen LogP contribution in [-0.2, 0) is 6.54 Å². The third-order valence-corrected chi connectivity index (χ3v) is 3.44. The molecule has 0 saturated carbocycles. The second-order valence-corrected chi connectivity index (χ2v) is 5.31. The first-order chi connectivity index (χ1) is 12.2. The van der Waals surface area contributed by atoms with Crippen molar-refractivity contribution in [3.8, 4) is 11.5 Å². The fourth-order valence-electron chi connectivity index (χ4n) is 2.14. The molecule has 128 valence electrons. The highest BCUT2D eigenvalue weighted by Crippen LogP contribution is 2.12. The lowest BCUT2D eigenvalue weighted by Gasteiger charge is -2.05. The first-order valence-electron chi connectivity index (χ1n) is 7.90. The number of carbonyl (C=O) groups excluding carboxylic acids is 1. The van der Waals surface area contributed by atoms with Crippen molar-refractivity contribution in [2.75, 3.05) is 5.32 Å². The monoisotopic (exact) mass is 339 g/mol. The Balaban J connectivity index is 1.74. The van der Waals surface area contributed by atoms with Crippen LogP contribution in [0.15, 0.2) is 41.3 Å². The van der Waals surface area contributed by atoms with Gasteiger partial charge >= 0.3 is 0 Å². The molecular formula is C16H17N7O2. The van der Waals surface area contributed by atoms with Gasteiger partial charge in [0.15, 0.2) is 5.82 Å². The molecule has 0 bridgehead atoms. The topological polar surface area (TPSA) is 118 Å². The number of aryl methyl sites for hydroxylation is 1. The number of hydrogen-bond donors (Lipinski definition) is 2. The quantitative estimate of drug-likeness (QED) is 0.702. The number of rotatable bonds is 6. The molecule has 0 spiro atoms. The third kappa shape index (κ3) is 3.94. The predicted molar refractivity (Wildman–Crippen MR) is 91.0 cm³/mol. The van der Waals surface area contributed by atoms with Gasteiger partial charge < -0.3 is 0 Å². The van der Waals surface area contributed by atoms with Gasteiger partial charge in [-0.15, -0.1) is 5.10 Å². The van der Waals surface area contributed by atoms with Crippen LogP contribution in [0, 0.1) is 0 Å². The van der Waals surface area contributed by atoms with Gasteiger partial charge in [0.25, 0.3) is 11.5 Å². The smallest absolute Gasteiger partial charge is 0.278 e. The van der Waals surface area contributed by atoms with E-state index in [9.17, 15) is 9.59 Å². The predicted octanol–water partition coefficient (Wildman–Crippen LogP) is 1.48. The summed E-state index contributed by atoms with van der Waals surface area (Å²) >= 11 is 0. The van der Waals surface area contributed by atoms with Crippen LogP contribution in [0.3, 0.4) is 0 Å². The lowest BCUT2D eigenvalue weighted by Crippen LogP contribution is -2.26. The molecule has 0 unspecified atom stereocenters. The highest BCUT2D eigenvalue weighted by Gasteiger charge is 2.13. The van der Waals surface area contributed by atoms with Crippen molar-refractivity contribution in [3.05, 3.63) is 52.6 Å². The molecule has 3 rings (SSSR count). The Bertz CT molecular complexity index is 917. The van der Waals surface area contributed by atoms with Crippen LogP contribution in [-0.4, -0.2) is 35.9 Å². The molecule has 0 saturated heterocycles. The summed E-state index contributed by atoms with van der Waals surface area (Å²) in [6, 6.07) is 8.10. The summed E-state index contributed by atoms with van der Waals surface area (Å²) in [6.07, 6.45) is 3.38. The number of pyridine rings is 1. The van der Waals surface area contributed by atoms with E-state index in [2.05, 4.69) is 30.6 Å². The number of aromatic amines is 1. The molecule has 0 aliphatic rings. The van der Waals surface area contributed by atoms with E-state index < -0.39 is 5.91 Å². The van der Waals surface area contributed by atoms with Gasteiger partial charge in [-0.25, -0.2) is 4.68 Å². The molecule has 25 heavy (non-hydrogen) atoms. The lowest BCUT2D eigenvalue weighted by molar-refractivity contribution is 0.101. The number of nitrogens with zero attached hydrogens (tertiary/aromatic N) is 5. The highest BCUT2D eigenvalue weighted by molar-refractivity contribution is 6.01. The number of hydrogen-bond acceptors (Lipinski definition) is 6. The maximum Gasteiger partial charge on any atom is 0.278 e. The molecular weight excluding hydrogens is 322 g/mol. The molecule has 3 aromatic rings. The van der Waals surface area contributed by atoms with E-state index in [1.807, 2.05) is 13.0 Å². The first-order valence-corrected chi connectivity index (χ1v) is 7.90. The Hall–Kier alpha value is -3.36. The molecule has 3 aromatic heterocycles. The molecule has 0 atom stereocenters. The largest absolute Gasteiger partial charge is 0.288 e. The zero-order valence-electron chi connectivity index (χ0n) is 13.6. The van der Waals surface area contributed by atoms with Gasteiger partial charge in [0.1, 0.15) is 11.4 Å². The second-order valence-electron chi connectivity index (χ2n) is 5.31. The minimum Gasteiger partial charge on any atom is -0.288 e. The van der Waals surface area contributed by atoms with Gasteiger partial charge in [0.2, 0.25) is 5.95 Å². The van der Waals surface area contributed by atoms with E-state index in [0.29, 0.717) is 18.1 Å². The third-order valence-electron chi connectivity index (χ3n) is 3.44. The number of H-pyrrole nitrogens is 1. The van der Waals surface area contributed by atoms with Crippen molar-refractivity contribution in [2.24, 2.45) is 0 Å². The van der Waals surface area contributed by atoms with Gasteiger partial charge in [0, 0.05) is 18.8 Å². The Morgan fingerprint density at radius 2 is 2.16 bits per heavy atom. The van der Waals surface area contributed by atoms with E-state index in [-0.39, 0.29) is 17.2 Å². The molecule has 0 aliphatic carbocycles. The number of anilines is 1. The molecule has 2 N–H and O–H groups in total. The average Bonchev–Trinajstić information content (AvgIpc) is 3.10. The molecule has 9 nitrogen and oxygen atoms in total. The van der Waals surface area contributed by atoms with Gasteiger partial charge in [-0.1, -0.05) is 19.4 Å². The van der Waals surface area contributed by atoms with Gasteiger partial charge in [0.05, 0.1) is 0 Å². The summed E-state index contributed by atoms with van der Waals surface area (Å²) < 4.78 is 1.29. The fourth-order valence-corrected chi connectivity index (χ4v) is 2.14. The van der Waals surface area contributed by atoms with E-state index in [0.717, 1.165) is 12.8 Å². The first kappa shape index (κ1) is 16.5. The van der Waals surface area contributed by atoms with Crippen molar-refractivity contribution in [2.45, 2.75) is 26.3 Å². The number of carbonyl (C=O) groups is 1. The highest BCUT2D eigenvalue weighted by atomic mass is 16.2. The van der Waals surface area contributed by atoms with Crippen molar-refractivity contribution in [1.82, 2.24) is 29.9 Å². The number of nitrogens with one attached hydrogen (secondary N) is 2. The summed E-state index contributed by atoms with van der Waals surface area (Å²) in [5, 5.41) is 13.3. The van der Waals surface area contributed by atoms with Gasteiger partial charge in [-0.3, -0.25) is 25.0 Å². The van der Waals surface area contributed by atoms with Crippen LogP contribution in [0.5, 0.6) is 0 Å². The molecule has 0 aliphatic heterocycles. The summed E-state index contributed by atoms with van der Waals surface area (Å²) in [6.45, 7) is 2.49. The van der Waals surface area contributed by atoms with Crippen molar-refractivity contribution >= 4 is 11.9 Å². The standard InChI is InChI=1S/C16H17N7O2/c1-2-3-10-23-13(24)8-7-12(22-23)15(25)19-16-18-14(20-21-16)11-6-4-5-9-17-11/h4-9H,2-3,10H2,1H3,(H2,18,19,20,21,25). The Morgan fingerprint density at radius 1 is 1.28 bits per heavy atom. The fraction of sp³-hybridized carbons (Fsp3) is 0.250. The summed E-state index contributed by atoms with van der Waals surface area (Å²) in [5.41, 5.74) is 0.502. The second kappa shape index (κ2) is 7.47. The number of unbranched alkanes of at least 4 members (excludes halogenated alkanes) is 1. The molecule has 3 heterocycles. The average molecular weight is 339 g/mol. The van der Waals surface area contributed by atoms with Crippen molar-refractivity contribution in [3.63, 3.8) is 0 Å². The number of aromatic nitrogens is 6. The zero-order valence-corrected chi connectivity index (χ0v) is 13.6. The maximum atomic E-state index is 12.3. The SMILES string of the molecule is CCCCn1nc(C(=O)Nc2n[nH]c(-c3ccccn3)n2)ccc1=O. The van der Waals surface area contributed by atoms with E-state index in [4.69, 9.17) is 0 Å². The number of amides is 1. The summed E-state index contributed by atoms with van der Waals surface area (Å²) in [4.78, 5) is 32.4. The normalized spacial score (nSPS) is 10.6. The molecule has 0 fully saturated rings. The van der Waals surface area contributed by atoms with Crippen LogP contribution in [0.4, 0.5) is 5.95 Å². The van der Waals surface area contributed by atoms with Crippen LogP contribution in [0.25, 0.3) is 11.5 Å². The maximum absolute atomic E-state index is 12.3. The van der Waals surface area contributed by atoms with Crippen LogP contribution in [0.1, 0.15) is 30.3 Å². The Labute approximate surface area is 143 Å². The van der Waals surface area contributed by atoms with E-state index >= 15 is 0 Å². The molecule has 0 radical (unpaired) electrons. The Kier molecular flexibility index (Phi) is 4.93. The molecule has 1 amide bonds. The van der Waals surface area contributed by atoms with E-state index in [1.54, 1.807) is 18.3 Å². The minimum absolute atomic E-state index is 0.110. The van der Waals surface area contributed by atoms with Gasteiger partial charge in [-0.05, 0) is 24.6 Å². The van der Waals surface area contributed by atoms with Crippen LogP contribution < -0.4 is 10.9 Å². The lowest BCUT2D eigenvalue weighted by atomic mass is 10.3. The minimum atomic E-state index is -0.489. The summed E-state index contributed by atoms with van der Waals surface area (Å²) in [5.74, 6) is 0.0624.